The van der Waals surface area contributed by atoms with Crippen LogP contribution in [0.5, 0.6) is 0 Å². The molecular weight excluding hydrogens is 737 g/mol. The molecule has 2 aliphatic rings. The van der Waals surface area contributed by atoms with E-state index in [4.69, 9.17) is 0 Å². The van der Waals surface area contributed by atoms with Crippen LogP contribution in [0, 0.1) is 0 Å². The number of fused-ring (bicyclic) bond motifs is 10. The van der Waals surface area contributed by atoms with Crippen molar-refractivity contribution >= 4 is 91.5 Å². The Morgan fingerprint density at radius 1 is 0.328 bits per heavy atom. The Hall–Kier alpha value is -6.32. The number of benzene rings is 8. The third-order valence-electron chi connectivity index (χ3n) is 12.3. The van der Waals surface area contributed by atoms with Gasteiger partial charge in [0.2, 0.25) is 0 Å². The van der Waals surface area contributed by atoms with Gasteiger partial charge in [-0.05, 0) is 104 Å². The van der Waals surface area contributed by atoms with E-state index in [2.05, 4.69) is 182 Å². The first-order valence-electron chi connectivity index (χ1n) is 20.5. The lowest BCUT2D eigenvalue weighted by molar-refractivity contribution is 1.04. The van der Waals surface area contributed by atoms with Gasteiger partial charge in [-0.3, -0.25) is 0 Å². The van der Waals surface area contributed by atoms with Crippen LogP contribution in [0.2, 0.25) is 0 Å². The zero-order chi connectivity index (χ0) is 38.2. The van der Waals surface area contributed by atoms with E-state index >= 15 is 0 Å². The quantitative estimate of drug-likeness (QED) is 0.163. The SMILES string of the molecule is C1=CC(c2c(-c3ccc(-c4ccc(-c5c(-c6ccccc6)c6sc7ccccc7c6c6ccccc56)cc4)cc3)c3c(c4c2sc2ccccc24)=CCCC=3)=CCC1. The summed E-state index contributed by atoms with van der Waals surface area (Å²) in [5, 5.41) is 10.9. The Labute approximate surface area is 345 Å². The summed E-state index contributed by atoms with van der Waals surface area (Å²) in [4.78, 5) is 0. The molecule has 0 bridgehead atoms. The maximum Gasteiger partial charge on any atom is 0.0446 e. The Balaban J connectivity index is 1.01. The first-order valence-corrected chi connectivity index (χ1v) is 22.1. The van der Waals surface area contributed by atoms with Gasteiger partial charge in [0.1, 0.15) is 0 Å². The standard InChI is InChI=1S/C56H38S2/c1-3-15-37(16-4-1)51-49(41-19-7-9-21-43(41)53-45-23-11-13-25-47(45)57-55(51)53)39-31-27-35(28-32-39)36-29-33-40(34-30-36)50-42-20-8-10-22-44(42)54-46-24-12-14-26-48(46)58-56(54)52(50)38-17-5-2-6-18-38/h1,3-5,7,9,11-34H,2,6,8,10H2. The maximum atomic E-state index is 2.50. The van der Waals surface area contributed by atoms with Gasteiger partial charge in [0.25, 0.3) is 0 Å². The van der Waals surface area contributed by atoms with E-state index in [9.17, 15) is 0 Å². The predicted molar refractivity (Wildman–Crippen MR) is 255 cm³/mol. The van der Waals surface area contributed by atoms with Gasteiger partial charge >= 0.3 is 0 Å². The molecule has 0 N–H and O–H groups in total. The van der Waals surface area contributed by atoms with E-state index in [0.29, 0.717) is 0 Å². The van der Waals surface area contributed by atoms with Gasteiger partial charge in [-0.2, -0.15) is 0 Å². The molecule has 0 spiro atoms. The minimum atomic E-state index is 1.07. The van der Waals surface area contributed by atoms with Gasteiger partial charge in [-0.15, -0.1) is 22.7 Å². The van der Waals surface area contributed by atoms with E-state index in [1.165, 1.54) is 117 Å². The molecule has 2 heteroatoms. The Morgan fingerprint density at radius 2 is 0.828 bits per heavy atom. The summed E-state index contributed by atoms with van der Waals surface area (Å²) in [5.41, 5.74) is 13.0. The second kappa shape index (κ2) is 13.7. The highest BCUT2D eigenvalue weighted by Crippen LogP contribution is 2.50. The Morgan fingerprint density at radius 3 is 1.48 bits per heavy atom. The molecule has 58 heavy (non-hydrogen) atoms. The van der Waals surface area contributed by atoms with Crippen molar-refractivity contribution in [1.29, 1.82) is 0 Å². The third kappa shape index (κ3) is 5.25. The number of allylic oxidation sites excluding steroid dienone is 4. The molecule has 274 valence electrons. The minimum absolute atomic E-state index is 1.07. The largest absolute Gasteiger partial charge is 0.134 e. The number of hydrogen-bond donors (Lipinski definition) is 0. The minimum Gasteiger partial charge on any atom is -0.134 e. The summed E-state index contributed by atoms with van der Waals surface area (Å²) in [6.07, 6.45) is 16.5. The summed E-state index contributed by atoms with van der Waals surface area (Å²) < 4.78 is 5.46. The van der Waals surface area contributed by atoms with Crippen LogP contribution in [0.4, 0.5) is 0 Å². The molecule has 0 aliphatic heterocycles. The maximum absolute atomic E-state index is 2.50. The Bertz CT molecular complexity index is 3460. The molecule has 0 saturated carbocycles. The van der Waals surface area contributed by atoms with E-state index in [-0.39, 0.29) is 0 Å². The monoisotopic (exact) mass is 774 g/mol. The molecule has 0 unspecified atom stereocenters. The van der Waals surface area contributed by atoms with Crippen LogP contribution in [0.15, 0.2) is 170 Å². The van der Waals surface area contributed by atoms with Crippen molar-refractivity contribution in [2.24, 2.45) is 0 Å². The first-order chi connectivity index (χ1) is 28.8. The van der Waals surface area contributed by atoms with Crippen LogP contribution in [0.25, 0.3) is 113 Å². The summed E-state index contributed by atoms with van der Waals surface area (Å²) in [5.74, 6) is 0. The van der Waals surface area contributed by atoms with Crippen LogP contribution >= 0.6 is 22.7 Å². The zero-order valence-corrected chi connectivity index (χ0v) is 33.6. The summed E-state index contributed by atoms with van der Waals surface area (Å²) in [6, 6.07) is 56.6. The second-order valence-corrected chi connectivity index (χ2v) is 17.7. The fourth-order valence-corrected chi connectivity index (χ4v) is 12.3. The van der Waals surface area contributed by atoms with Gasteiger partial charge in [0.15, 0.2) is 0 Å². The van der Waals surface area contributed by atoms with Crippen LogP contribution in [-0.2, 0) is 0 Å². The lowest BCUT2D eigenvalue weighted by Gasteiger charge is -2.19. The van der Waals surface area contributed by atoms with Gasteiger partial charge < -0.3 is 0 Å². The average Bonchev–Trinajstić information content (AvgIpc) is 3.88. The molecule has 0 fully saturated rings. The van der Waals surface area contributed by atoms with E-state index < -0.39 is 0 Å². The van der Waals surface area contributed by atoms with Crippen molar-refractivity contribution in [2.75, 3.05) is 0 Å². The molecule has 2 aromatic heterocycles. The van der Waals surface area contributed by atoms with E-state index in [0.717, 1.165) is 25.7 Å². The van der Waals surface area contributed by atoms with Gasteiger partial charge in [0, 0.05) is 51.5 Å². The van der Waals surface area contributed by atoms with Gasteiger partial charge in [-0.25, -0.2) is 0 Å². The normalized spacial score (nSPS) is 13.9. The highest BCUT2D eigenvalue weighted by Gasteiger charge is 2.23. The first kappa shape index (κ1) is 33.8. The molecule has 0 nitrogen and oxygen atoms in total. The Kier molecular flexibility index (Phi) is 7.96. The summed E-state index contributed by atoms with van der Waals surface area (Å²) >= 11 is 3.87. The number of thiophene rings is 2. The molecule has 12 rings (SSSR count). The topological polar surface area (TPSA) is 0 Å². The molecular formula is C56H38S2. The lowest BCUT2D eigenvalue weighted by atomic mass is 9.85. The molecule has 2 aliphatic carbocycles. The molecule has 0 radical (unpaired) electrons. The highest BCUT2D eigenvalue weighted by molar-refractivity contribution is 7.26. The van der Waals surface area contributed by atoms with Gasteiger partial charge in [0.05, 0.1) is 0 Å². The van der Waals surface area contributed by atoms with Crippen LogP contribution in [-0.4, -0.2) is 0 Å². The average molecular weight is 775 g/mol. The molecule has 2 heterocycles. The smallest absolute Gasteiger partial charge is 0.0446 e. The van der Waals surface area contributed by atoms with Gasteiger partial charge in [-0.1, -0.05) is 170 Å². The second-order valence-electron chi connectivity index (χ2n) is 15.6. The van der Waals surface area contributed by atoms with Crippen molar-refractivity contribution in [3.63, 3.8) is 0 Å². The van der Waals surface area contributed by atoms with Crippen molar-refractivity contribution in [1.82, 2.24) is 0 Å². The van der Waals surface area contributed by atoms with Crippen LogP contribution in [0.1, 0.15) is 31.2 Å². The van der Waals surface area contributed by atoms with Crippen molar-refractivity contribution < 1.29 is 0 Å². The summed E-state index contributed by atoms with van der Waals surface area (Å²) in [7, 11) is 0. The fraction of sp³-hybridized carbons (Fsp3) is 0.0714. The van der Waals surface area contributed by atoms with Crippen LogP contribution < -0.4 is 10.4 Å². The lowest BCUT2D eigenvalue weighted by Crippen LogP contribution is -2.30. The van der Waals surface area contributed by atoms with E-state index in [1.54, 1.807) is 0 Å². The van der Waals surface area contributed by atoms with Crippen molar-refractivity contribution in [3.05, 3.63) is 186 Å². The number of hydrogen-bond acceptors (Lipinski definition) is 2. The molecule has 0 amide bonds. The number of rotatable bonds is 5. The molecule has 0 atom stereocenters. The summed E-state index contributed by atoms with van der Waals surface area (Å²) in [6.45, 7) is 0. The van der Waals surface area contributed by atoms with Crippen molar-refractivity contribution in [2.45, 2.75) is 25.7 Å². The van der Waals surface area contributed by atoms with Crippen LogP contribution in [0.3, 0.4) is 0 Å². The third-order valence-corrected chi connectivity index (χ3v) is 14.7. The van der Waals surface area contributed by atoms with E-state index in [1.807, 2.05) is 22.7 Å². The molecule has 8 aromatic carbocycles. The molecule has 10 aromatic rings. The zero-order valence-electron chi connectivity index (χ0n) is 32.0. The fourth-order valence-electron chi connectivity index (χ4n) is 9.75. The van der Waals surface area contributed by atoms with Crippen molar-refractivity contribution in [3.8, 4) is 44.5 Å². The highest BCUT2D eigenvalue weighted by atomic mass is 32.1. The predicted octanol–water partition coefficient (Wildman–Crippen LogP) is 15.3. The molecule has 0 saturated heterocycles.